The minimum atomic E-state index is -0.964. The number of carbonyl (C=O) groups excluding carboxylic acids is 2. The third-order valence-corrected chi connectivity index (χ3v) is 4.57. The average molecular weight is 297 g/mol. The topological polar surface area (TPSA) is 98.7 Å². The predicted octanol–water partition coefficient (Wildman–Crippen LogP) is 0.550. The van der Waals surface area contributed by atoms with Crippen LogP contribution in [-0.4, -0.2) is 53.6 Å². The Morgan fingerprint density at radius 1 is 1.14 bits per heavy atom. The largest absolute Gasteiger partial charge is 0.480 e. The molecule has 2 rings (SSSR count). The van der Waals surface area contributed by atoms with Crippen LogP contribution in [0.4, 0.5) is 4.79 Å². The normalized spacial score (nSPS) is 28.4. The standard InChI is InChI=1S/C14H23N3O4/c1-15-12(18)8-16-14(21)17-10-5-3-2-4-9(10)6-7-11(17)13(19)20/h9-11H,2-8H2,1H3,(H,15,18)(H,16,21)(H,19,20). The van der Waals surface area contributed by atoms with Crippen molar-refractivity contribution in [2.75, 3.05) is 13.6 Å². The first-order valence-electron chi connectivity index (χ1n) is 7.54. The minimum Gasteiger partial charge on any atom is -0.480 e. The van der Waals surface area contributed by atoms with Crippen molar-refractivity contribution < 1.29 is 19.5 Å². The number of urea groups is 1. The summed E-state index contributed by atoms with van der Waals surface area (Å²) >= 11 is 0. The van der Waals surface area contributed by atoms with Crippen LogP contribution in [0.1, 0.15) is 38.5 Å². The van der Waals surface area contributed by atoms with E-state index in [9.17, 15) is 19.5 Å². The maximum atomic E-state index is 12.4. The molecule has 1 aliphatic carbocycles. The number of hydrogen-bond donors (Lipinski definition) is 3. The second kappa shape index (κ2) is 6.78. The number of amides is 3. The molecule has 1 saturated carbocycles. The van der Waals surface area contributed by atoms with Crippen molar-refractivity contribution in [1.82, 2.24) is 15.5 Å². The smallest absolute Gasteiger partial charge is 0.326 e. The van der Waals surface area contributed by atoms with Crippen molar-refractivity contribution in [3.63, 3.8) is 0 Å². The van der Waals surface area contributed by atoms with Gasteiger partial charge in [-0.15, -0.1) is 0 Å². The lowest BCUT2D eigenvalue weighted by molar-refractivity contribution is -0.145. The molecule has 0 bridgehead atoms. The number of nitrogens with zero attached hydrogens (tertiary/aromatic N) is 1. The van der Waals surface area contributed by atoms with Gasteiger partial charge in [0.25, 0.3) is 0 Å². The zero-order chi connectivity index (χ0) is 15.4. The van der Waals surface area contributed by atoms with Gasteiger partial charge in [-0.05, 0) is 31.6 Å². The van der Waals surface area contributed by atoms with Gasteiger partial charge in [-0.2, -0.15) is 0 Å². The molecule has 3 atom stereocenters. The van der Waals surface area contributed by atoms with Gasteiger partial charge in [-0.25, -0.2) is 9.59 Å². The van der Waals surface area contributed by atoms with E-state index in [0.29, 0.717) is 12.3 Å². The highest BCUT2D eigenvalue weighted by Crippen LogP contribution is 2.37. The summed E-state index contributed by atoms with van der Waals surface area (Å²) in [5, 5.41) is 14.3. The summed E-state index contributed by atoms with van der Waals surface area (Å²) in [7, 11) is 1.49. The maximum Gasteiger partial charge on any atom is 0.326 e. The zero-order valence-corrected chi connectivity index (χ0v) is 12.3. The van der Waals surface area contributed by atoms with E-state index in [1.54, 1.807) is 0 Å². The highest BCUT2D eigenvalue weighted by molar-refractivity contribution is 5.87. The number of carbonyl (C=O) groups is 3. The number of carboxylic acids is 1. The molecule has 0 spiro atoms. The number of piperidine rings is 1. The third-order valence-electron chi connectivity index (χ3n) is 4.57. The first-order valence-corrected chi connectivity index (χ1v) is 7.54. The quantitative estimate of drug-likeness (QED) is 0.708. The third kappa shape index (κ3) is 3.46. The molecule has 3 amide bonds. The average Bonchev–Trinajstić information content (AvgIpc) is 2.50. The number of rotatable bonds is 3. The molecule has 1 heterocycles. The van der Waals surface area contributed by atoms with Gasteiger partial charge in [-0.1, -0.05) is 12.8 Å². The van der Waals surface area contributed by atoms with E-state index in [1.807, 2.05) is 0 Å². The van der Waals surface area contributed by atoms with Crippen LogP contribution in [0, 0.1) is 5.92 Å². The first kappa shape index (κ1) is 15.6. The Hall–Kier alpha value is -1.79. The molecule has 2 fully saturated rings. The predicted molar refractivity (Wildman–Crippen MR) is 75.7 cm³/mol. The van der Waals surface area contributed by atoms with Crippen LogP contribution in [0.15, 0.2) is 0 Å². The highest BCUT2D eigenvalue weighted by atomic mass is 16.4. The Morgan fingerprint density at radius 2 is 1.86 bits per heavy atom. The molecule has 0 aromatic heterocycles. The van der Waals surface area contributed by atoms with E-state index in [1.165, 1.54) is 11.9 Å². The molecule has 1 saturated heterocycles. The Labute approximate surface area is 124 Å². The Bertz CT molecular complexity index is 426. The van der Waals surface area contributed by atoms with Crippen molar-refractivity contribution in [2.24, 2.45) is 5.92 Å². The van der Waals surface area contributed by atoms with Gasteiger partial charge >= 0.3 is 12.0 Å². The van der Waals surface area contributed by atoms with Gasteiger partial charge in [0, 0.05) is 13.1 Å². The molecule has 0 aromatic carbocycles. The fourth-order valence-corrected chi connectivity index (χ4v) is 3.50. The Morgan fingerprint density at radius 3 is 2.52 bits per heavy atom. The zero-order valence-electron chi connectivity index (χ0n) is 12.3. The molecule has 21 heavy (non-hydrogen) atoms. The molecule has 7 heteroatoms. The number of hydrogen-bond acceptors (Lipinski definition) is 3. The van der Waals surface area contributed by atoms with E-state index < -0.39 is 18.0 Å². The van der Waals surface area contributed by atoms with E-state index in [2.05, 4.69) is 10.6 Å². The van der Waals surface area contributed by atoms with E-state index in [-0.39, 0.29) is 18.5 Å². The SMILES string of the molecule is CNC(=O)CNC(=O)N1C(C(=O)O)CCC2CCCCC21. The molecule has 7 nitrogen and oxygen atoms in total. The number of aliphatic carboxylic acids is 1. The number of fused-ring (bicyclic) bond motifs is 1. The van der Waals surface area contributed by atoms with Crippen LogP contribution in [0.5, 0.6) is 0 Å². The molecule has 3 N–H and O–H groups in total. The van der Waals surface area contributed by atoms with Gasteiger partial charge in [0.15, 0.2) is 0 Å². The summed E-state index contributed by atoms with van der Waals surface area (Å²) in [6, 6.07) is -1.24. The molecule has 3 unspecified atom stereocenters. The van der Waals surface area contributed by atoms with Crippen molar-refractivity contribution >= 4 is 17.9 Å². The molecule has 2 aliphatic rings. The number of likely N-dealkylation sites (tertiary alicyclic amines) is 1. The van der Waals surface area contributed by atoms with Gasteiger partial charge in [0.2, 0.25) is 5.91 Å². The Balaban J connectivity index is 2.10. The summed E-state index contributed by atoms with van der Waals surface area (Å²) in [5.74, 6) is -0.873. The summed E-state index contributed by atoms with van der Waals surface area (Å²) in [4.78, 5) is 36.5. The van der Waals surface area contributed by atoms with Gasteiger partial charge in [-0.3, -0.25) is 4.79 Å². The van der Waals surface area contributed by atoms with E-state index in [4.69, 9.17) is 0 Å². The molecule has 1 aliphatic heterocycles. The number of likely N-dealkylation sites (N-methyl/N-ethyl adjacent to an activating group) is 1. The molecule has 0 radical (unpaired) electrons. The first-order chi connectivity index (χ1) is 10.0. The van der Waals surface area contributed by atoms with Crippen LogP contribution < -0.4 is 10.6 Å². The fourth-order valence-electron chi connectivity index (χ4n) is 3.50. The second-order valence-electron chi connectivity index (χ2n) is 5.78. The van der Waals surface area contributed by atoms with Crippen LogP contribution in [-0.2, 0) is 9.59 Å². The second-order valence-corrected chi connectivity index (χ2v) is 5.78. The van der Waals surface area contributed by atoms with Crippen LogP contribution >= 0.6 is 0 Å². The highest BCUT2D eigenvalue weighted by Gasteiger charge is 2.43. The number of carboxylic acid groups (broad SMARTS) is 1. The summed E-state index contributed by atoms with van der Waals surface area (Å²) in [6.07, 6.45) is 5.42. The number of nitrogens with one attached hydrogen (secondary N) is 2. The monoisotopic (exact) mass is 297 g/mol. The van der Waals surface area contributed by atoms with Crippen molar-refractivity contribution in [3.8, 4) is 0 Å². The lowest BCUT2D eigenvalue weighted by Crippen LogP contribution is -2.60. The van der Waals surface area contributed by atoms with Crippen molar-refractivity contribution in [2.45, 2.75) is 50.6 Å². The van der Waals surface area contributed by atoms with Crippen molar-refractivity contribution in [1.29, 1.82) is 0 Å². The molecular weight excluding hydrogens is 274 g/mol. The van der Waals surface area contributed by atoms with Gasteiger partial charge in [0.05, 0.1) is 6.54 Å². The molecule has 0 aromatic rings. The van der Waals surface area contributed by atoms with Crippen LogP contribution in [0.3, 0.4) is 0 Å². The maximum absolute atomic E-state index is 12.4. The van der Waals surface area contributed by atoms with E-state index >= 15 is 0 Å². The Kier molecular flexibility index (Phi) is 5.03. The summed E-state index contributed by atoms with van der Waals surface area (Å²) in [5.41, 5.74) is 0. The molecule has 118 valence electrons. The lowest BCUT2D eigenvalue weighted by Gasteiger charge is -2.46. The fraction of sp³-hybridized carbons (Fsp3) is 0.786. The molecular formula is C14H23N3O4. The summed E-state index contributed by atoms with van der Waals surface area (Å²) < 4.78 is 0. The minimum absolute atomic E-state index is 0.0155. The summed E-state index contributed by atoms with van der Waals surface area (Å²) in [6.45, 7) is -0.129. The van der Waals surface area contributed by atoms with Crippen LogP contribution in [0.25, 0.3) is 0 Å². The van der Waals surface area contributed by atoms with Crippen LogP contribution in [0.2, 0.25) is 0 Å². The van der Waals surface area contributed by atoms with Gasteiger partial charge in [0.1, 0.15) is 6.04 Å². The van der Waals surface area contributed by atoms with Gasteiger partial charge < -0.3 is 20.6 Å². The lowest BCUT2D eigenvalue weighted by atomic mass is 9.76. The van der Waals surface area contributed by atoms with E-state index in [0.717, 1.165) is 32.1 Å². The van der Waals surface area contributed by atoms with Crippen molar-refractivity contribution in [3.05, 3.63) is 0 Å².